The van der Waals surface area contributed by atoms with Crippen molar-refractivity contribution in [2.24, 2.45) is 0 Å². The van der Waals surface area contributed by atoms with Crippen LogP contribution in [0.2, 0.25) is 5.02 Å². The minimum absolute atomic E-state index is 0.0355. The molecule has 6 aromatic rings. The lowest BCUT2D eigenvalue weighted by atomic mass is 10.2. The van der Waals surface area contributed by atoms with Gasteiger partial charge in [0.25, 0.3) is 17.1 Å². The van der Waals surface area contributed by atoms with E-state index in [0.29, 0.717) is 70.5 Å². The van der Waals surface area contributed by atoms with E-state index in [4.69, 9.17) is 11.6 Å². The molecule has 3 heterocycles. The third-order valence-corrected chi connectivity index (χ3v) is 18.7. The van der Waals surface area contributed by atoms with Gasteiger partial charge in [0.05, 0.1) is 29.5 Å². The topological polar surface area (TPSA) is 251 Å². The molecule has 0 atom stereocenters. The quantitative estimate of drug-likeness (QED) is 0.0751. The van der Waals surface area contributed by atoms with Gasteiger partial charge in [0.15, 0.2) is 0 Å². The maximum absolute atomic E-state index is 13.0. The molecular weight excluding hydrogens is 1080 g/mol. The number of hydrogen-bond acceptors (Lipinski definition) is 15. The highest BCUT2D eigenvalue weighted by molar-refractivity contribution is 7.89. The molecule has 0 aliphatic carbocycles. The van der Waals surface area contributed by atoms with E-state index in [1.807, 2.05) is 53.4 Å². The number of benzene rings is 6. The number of halogens is 2. The molecule has 0 bridgehead atoms. The van der Waals surface area contributed by atoms with Crippen molar-refractivity contribution in [2.75, 3.05) is 94.9 Å². The van der Waals surface area contributed by atoms with Crippen molar-refractivity contribution >= 4 is 76.2 Å². The van der Waals surface area contributed by atoms with Crippen LogP contribution in [-0.2, 0) is 30.1 Å². The molecule has 0 saturated carbocycles. The molecule has 0 unspecified atom stereocenters. The Labute approximate surface area is 450 Å². The highest BCUT2D eigenvalue weighted by Gasteiger charge is 2.32. The van der Waals surface area contributed by atoms with Crippen molar-refractivity contribution in [3.8, 4) is 0 Å². The summed E-state index contributed by atoms with van der Waals surface area (Å²) in [5, 5.41) is 32.7. The van der Waals surface area contributed by atoms with Crippen LogP contribution in [0.4, 0.5) is 32.8 Å². The van der Waals surface area contributed by atoms with Gasteiger partial charge in [-0.05, 0) is 84.4 Å². The lowest BCUT2D eigenvalue weighted by Gasteiger charge is -2.35. The van der Waals surface area contributed by atoms with E-state index in [2.05, 4.69) is 22.0 Å². The summed E-state index contributed by atoms with van der Waals surface area (Å²) >= 11 is 6.00. The Balaban J connectivity index is 0.000000168. The van der Waals surface area contributed by atoms with Crippen molar-refractivity contribution in [1.82, 2.24) is 17.8 Å². The smallest absolute Gasteiger partial charge is 0.269 e. The number of nitro groups is 3. The van der Waals surface area contributed by atoms with E-state index in [1.165, 1.54) is 97.8 Å². The average molecular weight is 1130 g/mol. The molecule has 77 heavy (non-hydrogen) atoms. The molecule has 26 heteroatoms. The highest BCUT2D eigenvalue weighted by atomic mass is 35.5. The molecule has 3 fully saturated rings. The molecule has 406 valence electrons. The second-order valence-electron chi connectivity index (χ2n) is 17.5. The molecule has 3 aliphatic rings. The van der Waals surface area contributed by atoms with Crippen LogP contribution in [0.15, 0.2) is 172 Å². The van der Waals surface area contributed by atoms with Gasteiger partial charge in [0.2, 0.25) is 30.1 Å². The first-order valence-electron chi connectivity index (χ1n) is 23.9. The number of sulfonamides is 3. The van der Waals surface area contributed by atoms with E-state index in [9.17, 15) is 60.0 Å². The first-order valence-corrected chi connectivity index (χ1v) is 28.6. The number of nitrogens with zero attached hydrogens (tertiary/aromatic N) is 9. The maximum atomic E-state index is 13.0. The van der Waals surface area contributed by atoms with Crippen LogP contribution >= 0.6 is 11.6 Å². The Morgan fingerprint density at radius 1 is 0.455 bits per heavy atom. The van der Waals surface area contributed by atoms with Crippen molar-refractivity contribution in [1.29, 1.82) is 0 Å². The highest BCUT2D eigenvalue weighted by Crippen LogP contribution is 2.27. The summed E-state index contributed by atoms with van der Waals surface area (Å²) in [6, 6.07) is 38.4. The zero-order chi connectivity index (χ0) is 55.3. The van der Waals surface area contributed by atoms with Gasteiger partial charge in [-0.1, -0.05) is 60.2 Å². The summed E-state index contributed by atoms with van der Waals surface area (Å²) in [7, 11) is -11.0. The van der Waals surface area contributed by atoms with Crippen molar-refractivity contribution in [2.45, 2.75) is 14.7 Å². The molecule has 3 saturated heterocycles. The van der Waals surface area contributed by atoms with E-state index in [1.54, 1.807) is 18.2 Å². The third kappa shape index (κ3) is 15.0. The van der Waals surface area contributed by atoms with Crippen molar-refractivity contribution < 1.29 is 44.4 Å². The van der Waals surface area contributed by atoms with Crippen LogP contribution in [0.25, 0.3) is 6.08 Å². The number of piperazine rings is 3. The molecule has 6 aromatic carbocycles. The summed E-state index contributed by atoms with van der Waals surface area (Å²) in [6.45, 7) is 6.17. The van der Waals surface area contributed by atoms with Gasteiger partial charge in [-0.25, -0.2) is 29.6 Å². The van der Waals surface area contributed by atoms with Gasteiger partial charge in [-0.3, -0.25) is 35.2 Å². The van der Waals surface area contributed by atoms with Gasteiger partial charge in [0.1, 0.15) is 5.82 Å². The zero-order valence-electron chi connectivity index (χ0n) is 41.2. The average Bonchev–Trinajstić information content (AvgIpc) is 3.45. The Hall–Kier alpha value is -7.23. The Bertz CT molecular complexity index is 3360. The van der Waals surface area contributed by atoms with Crippen LogP contribution in [0.3, 0.4) is 0 Å². The first-order chi connectivity index (χ1) is 36.7. The van der Waals surface area contributed by atoms with Gasteiger partial charge < -0.3 is 9.80 Å². The SMILES string of the molecule is O=[N+]([O-])c1ccc(S(=O)(=O)N2CCN(C/C=C/c3ccccc3)CC2)cc1.O=[N+]([O-])c1ccc(S(=O)(=O)N2CCN(c3ccc(F)cc3)CC2)cc1.O=[N+]([O-])c1ccc(S(=O)(=O)N2CCN(c3cccc(Cl)c3)CC2)cc1. The van der Waals surface area contributed by atoms with E-state index < -0.39 is 44.8 Å². The van der Waals surface area contributed by atoms with Gasteiger partial charge in [-0.15, -0.1) is 0 Å². The van der Waals surface area contributed by atoms with Crippen molar-refractivity contribution in [3.63, 3.8) is 0 Å². The zero-order valence-corrected chi connectivity index (χ0v) is 44.4. The third-order valence-electron chi connectivity index (χ3n) is 12.7. The fraction of sp³-hybridized carbons (Fsp3) is 0.255. The molecule has 0 N–H and O–H groups in total. The van der Waals surface area contributed by atoms with Gasteiger partial charge in [0, 0.05) is 138 Å². The Morgan fingerprint density at radius 3 is 1.21 bits per heavy atom. The number of rotatable bonds is 14. The fourth-order valence-corrected chi connectivity index (χ4v) is 12.9. The summed E-state index contributed by atoms with van der Waals surface area (Å²) in [6.07, 6.45) is 4.13. The number of anilines is 2. The van der Waals surface area contributed by atoms with E-state index in [0.717, 1.165) is 23.5 Å². The molecule has 0 aromatic heterocycles. The minimum Gasteiger partial charge on any atom is -0.369 e. The second-order valence-corrected chi connectivity index (χ2v) is 23.8. The predicted molar refractivity (Wildman–Crippen MR) is 290 cm³/mol. The van der Waals surface area contributed by atoms with Gasteiger partial charge in [-0.2, -0.15) is 12.9 Å². The Morgan fingerprint density at radius 2 is 0.831 bits per heavy atom. The van der Waals surface area contributed by atoms with Crippen LogP contribution < -0.4 is 9.80 Å². The maximum Gasteiger partial charge on any atom is 0.269 e. The normalized spacial score (nSPS) is 16.2. The number of non-ortho nitro benzene ring substituents is 3. The summed E-state index contributed by atoms with van der Waals surface area (Å²) < 4.78 is 93.2. The molecule has 0 spiro atoms. The van der Waals surface area contributed by atoms with Crippen molar-refractivity contribution in [3.05, 3.63) is 204 Å². The van der Waals surface area contributed by atoms with E-state index in [-0.39, 0.29) is 50.7 Å². The molecule has 3 aliphatic heterocycles. The van der Waals surface area contributed by atoms with Crippen LogP contribution in [0.5, 0.6) is 0 Å². The summed E-state index contributed by atoms with van der Waals surface area (Å²) in [5.74, 6) is -0.317. The second kappa shape index (κ2) is 25.7. The van der Waals surface area contributed by atoms with Crippen LogP contribution in [-0.4, -0.2) is 143 Å². The number of nitro benzene ring substituents is 3. The van der Waals surface area contributed by atoms with E-state index >= 15 is 0 Å². The molecule has 0 amide bonds. The summed E-state index contributed by atoms with van der Waals surface area (Å²) in [5.41, 5.74) is 2.53. The largest absolute Gasteiger partial charge is 0.369 e. The predicted octanol–water partition coefficient (Wildman–Crippen LogP) is 7.62. The fourth-order valence-electron chi connectivity index (χ4n) is 8.42. The Kier molecular flexibility index (Phi) is 19.2. The number of hydrogen-bond donors (Lipinski definition) is 0. The molecular formula is C51H53ClFN9O12S3. The van der Waals surface area contributed by atoms with Crippen LogP contribution in [0, 0.1) is 36.2 Å². The monoisotopic (exact) mass is 1130 g/mol. The first kappa shape index (κ1) is 57.5. The minimum atomic E-state index is -3.69. The van der Waals surface area contributed by atoms with Gasteiger partial charge >= 0.3 is 0 Å². The molecule has 21 nitrogen and oxygen atoms in total. The molecule has 9 rings (SSSR count). The standard InChI is InChI=1S/C19H21N3O4S.C16H16ClN3O4S.C16H16FN3O4S/c23-22(24)18-8-10-19(11-9-18)27(25,26)21-15-13-20(14-16-21)12-4-7-17-5-2-1-3-6-17;17-13-2-1-3-15(12-13)18-8-10-19(11-9-18)25(23,24)16-6-4-14(5-7-16)20(21)22;17-13-1-3-14(4-2-13)18-9-11-19(12-10-18)25(23,24)16-7-5-15(6-8-16)20(21)22/h1-11H,12-16H2;1-7,12H,8-11H2;1-8H,9-12H2/b7-4+;;. The lowest BCUT2D eigenvalue weighted by molar-refractivity contribution is -0.385. The summed E-state index contributed by atoms with van der Waals surface area (Å²) in [4.78, 5) is 36.9. The lowest BCUT2D eigenvalue weighted by Crippen LogP contribution is -2.48. The molecule has 0 radical (unpaired) electrons. The van der Waals surface area contributed by atoms with Crippen LogP contribution in [0.1, 0.15) is 5.56 Å².